The van der Waals surface area contributed by atoms with Crippen molar-refractivity contribution in [3.8, 4) is 0 Å². The summed E-state index contributed by atoms with van der Waals surface area (Å²) in [5.74, 6) is 0. The zero-order chi connectivity index (χ0) is 11.3. The Labute approximate surface area is 161 Å². The number of rotatable bonds is 2. The van der Waals surface area contributed by atoms with Gasteiger partial charge in [-0.25, -0.2) is 9.36 Å². The number of hydrogen-bond donors (Lipinski definition) is 5. The summed E-state index contributed by atoms with van der Waals surface area (Å²) >= 11 is 0. The molecule has 0 radical (unpaired) electrons. The van der Waals surface area contributed by atoms with Gasteiger partial charge in [-0.05, 0) is 0 Å². The van der Waals surface area contributed by atoms with Crippen molar-refractivity contribution in [1.29, 1.82) is 0 Å². The van der Waals surface area contributed by atoms with Crippen LogP contribution in [-0.2, 0) is 18.9 Å². The first-order valence-corrected chi connectivity index (χ1v) is 4.99. The Morgan fingerprint density at radius 3 is 1.31 bits per heavy atom. The summed E-state index contributed by atoms with van der Waals surface area (Å²) in [6.45, 7) is 0. The molecule has 0 fully saturated rings. The summed E-state index contributed by atoms with van der Waals surface area (Å²) in [5.41, 5.74) is 0. The zero-order valence-corrected chi connectivity index (χ0v) is 16.3. The van der Waals surface area contributed by atoms with Gasteiger partial charge in [-0.15, -0.1) is 3.97 Å². The molecule has 0 saturated carbocycles. The molecule has 0 spiro atoms. The van der Waals surface area contributed by atoms with E-state index in [9.17, 15) is 13.0 Å². The van der Waals surface area contributed by atoms with E-state index < -0.39 is 24.4 Å². The Morgan fingerprint density at radius 2 is 1.31 bits per heavy atom. The molecule has 0 atom stereocenters. The summed E-state index contributed by atoms with van der Waals surface area (Å²) in [6, 6.07) is 0. The second-order valence-electron chi connectivity index (χ2n) is 1.28. The van der Waals surface area contributed by atoms with E-state index in [2.05, 4.69) is 3.97 Å². The number of carboxylic acid groups (broad SMARTS) is 2. The molecule has 0 aromatic carbocycles. The van der Waals surface area contributed by atoms with Crippen LogP contribution >= 0.6 is 7.82 Å². The van der Waals surface area contributed by atoms with E-state index in [1.54, 1.807) is 0 Å². The Morgan fingerprint density at radius 1 is 1.12 bits per heavy atom. The zero-order valence-electron chi connectivity index (χ0n) is 11.6. The Hall–Kier alpha value is 2.29. The number of hydrogen-bond acceptors (Lipinski definition) is 5. The standard InChI is InChI=1S/CH2O3.3Na.H3O7PS.3H/c2-1(3)4;;;;1-8(2,3)7-9(4,5)6;;;/h(H2,2,3,4);;;;(H2,1,2,3)(H,4,5,6);;;/q;3*+1;;3*-1. The molecular weight excluding hydrogens is 304 g/mol. The van der Waals surface area contributed by atoms with Crippen molar-refractivity contribution in [3.63, 3.8) is 0 Å². The molecule has 0 heterocycles. The van der Waals surface area contributed by atoms with Crippen LogP contribution in [0, 0.1) is 0 Å². The van der Waals surface area contributed by atoms with Crippen LogP contribution in [0.15, 0.2) is 0 Å². The van der Waals surface area contributed by atoms with Crippen LogP contribution in [0.1, 0.15) is 4.28 Å². The van der Waals surface area contributed by atoms with Crippen molar-refractivity contribution in [3.05, 3.63) is 0 Å². The fourth-order valence-electron chi connectivity index (χ4n) is 0.123. The van der Waals surface area contributed by atoms with Crippen molar-refractivity contribution in [2.45, 2.75) is 0 Å². The SMILES string of the molecule is O=C(O)O.O=P(O)(O)OS(=O)(=O)O.[H-].[H-].[H-].[Na+].[Na+].[Na+]. The molecule has 10 nitrogen and oxygen atoms in total. The third kappa shape index (κ3) is 55.4. The minimum absolute atomic E-state index is 0. The second-order valence-corrected chi connectivity index (χ2v) is 3.71. The number of carbonyl (C=O) groups is 1. The first kappa shape index (κ1) is 31.0. The van der Waals surface area contributed by atoms with E-state index in [-0.39, 0.29) is 93.0 Å². The fraction of sp³-hybridized carbons (Fsp3) is 0. The van der Waals surface area contributed by atoms with Crippen molar-refractivity contribution in [1.82, 2.24) is 0 Å². The number of phosphoric acid groups is 1. The quantitative estimate of drug-likeness (QED) is 0.187. The predicted molar refractivity (Wildman–Crippen MR) is 38.7 cm³/mol. The van der Waals surface area contributed by atoms with Crippen molar-refractivity contribution < 1.29 is 139 Å². The molecule has 0 aromatic rings. The van der Waals surface area contributed by atoms with Gasteiger partial charge in [0, 0.05) is 0 Å². The van der Waals surface area contributed by atoms with E-state index in [0.717, 1.165) is 0 Å². The van der Waals surface area contributed by atoms with Gasteiger partial charge >= 0.3 is 113 Å². The van der Waals surface area contributed by atoms with Gasteiger partial charge in [0.05, 0.1) is 0 Å². The molecule has 0 aliphatic carbocycles. The van der Waals surface area contributed by atoms with Gasteiger partial charge in [-0.3, -0.25) is 4.55 Å². The van der Waals surface area contributed by atoms with Gasteiger partial charge in [0.25, 0.3) is 0 Å². The van der Waals surface area contributed by atoms with Crippen LogP contribution in [0.4, 0.5) is 4.79 Å². The van der Waals surface area contributed by atoms with Crippen molar-refractivity contribution >= 4 is 24.4 Å². The minimum Gasteiger partial charge on any atom is -1.00 e. The smallest absolute Gasteiger partial charge is 1.00 e. The molecule has 0 aromatic heterocycles. The van der Waals surface area contributed by atoms with Crippen molar-refractivity contribution in [2.24, 2.45) is 0 Å². The third-order valence-corrected chi connectivity index (χ3v) is 1.72. The topological polar surface area (TPSA) is 179 Å². The van der Waals surface area contributed by atoms with Gasteiger partial charge in [-0.2, -0.15) is 8.42 Å². The maximum absolute atomic E-state index is 9.58. The fourth-order valence-corrected chi connectivity index (χ4v) is 1.10. The Kier molecular flexibility index (Phi) is 26.5. The minimum atomic E-state index is -5.13. The molecule has 0 unspecified atom stereocenters. The first-order valence-electron chi connectivity index (χ1n) is 2.10. The van der Waals surface area contributed by atoms with Gasteiger partial charge in [0.1, 0.15) is 0 Å². The predicted octanol–water partition coefficient (Wildman–Crippen LogP) is -9.53. The maximum Gasteiger partial charge on any atom is 1.00 e. The summed E-state index contributed by atoms with van der Waals surface area (Å²) < 4.78 is 39.0. The second kappa shape index (κ2) is 13.7. The van der Waals surface area contributed by atoms with Crippen LogP contribution < -0.4 is 88.7 Å². The molecule has 5 N–H and O–H groups in total. The Bertz CT molecular complexity index is 312. The van der Waals surface area contributed by atoms with E-state index in [0.29, 0.717) is 0 Å². The largest absolute Gasteiger partial charge is 1.00 e. The summed E-state index contributed by atoms with van der Waals surface area (Å²) in [4.78, 5) is 24.0. The average Bonchev–Trinajstić information content (AvgIpc) is 1.47. The first-order chi connectivity index (χ1) is 5.44. The van der Waals surface area contributed by atoms with Crippen molar-refractivity contribution in [2.75, 3.05) is 0 Å². The maximum atomic E-state index is 9.58. The molecule has 0 aliphatic heterocycles. The van der Waals surface area contributed by atoms with Crippen LogP contribution in [0.3, 0.4) is 0 Å². The molecule has 15 heteroatoms. The van der Waals surface area contributed by atoms with Crippen LogP contribution in [0.5, 0.6) is 0 Å². The van der Waals surface area contributed by atoms with Gasteiger partial charge < -0.3 is 24.3 Å². The van der Waals surface area contributed by atoms with Gasteiger partial charge in [0.15, 0.2) is 0 Å². The summed E-state index contributed by atoms with van der Waals surface area (Å²) in [6.07, 6.45) is -1.83. The van der Waals surface area contributed by atoms with Gasteiger partial charge in [0.2, 0.25) is 0 Å². The summed E-state index contributed by atoms with van der Waals surface area (Å²) in [7, 11) is -10.2. The third-order valence-electron chi connectivity index (χ3n) is 0.191. The van der Waals surface area contributed by atoms with Gasteiger partial charge in [-0.1, -0.05) is 0 Å². The monoisotopic (exact) mass is 312 g/mol. The van der Waals surface area contributed by atoms with Crippen LogP contribution in [0.2, 0.25) is 0 Å². The van der Waals surface area contributed by atoms with E-state index >= 15 is 0 Å². The van der Waals surface area contributed by atoms with E-state index in [4.69, 9.17) is 29.3 Å². The molecule has 0 saturated heterocycles. The molecule has 0 rings (SSSR count). The molecule has 0 aliphatic rings. The summed E-state index contributed by atoms with van der Waals surface area (Å²) in [5, 5.41) is 13.9. The normalized spacial score (nSPS) is 9.19. The van der Waals surface area contributed by atoms with Crippen LogP contribution in [0.25, 0.3) is 0 Å². The molecule has 16 heavy (non-hydrogen) atoms. The molecule has 0 amide bonds. The molecule has 86 valence electrons. The Balaban J connectivity index is -0.0000000183. The van der Waals surface area contributed by atoms with E-state index in [1.165, 1.54) is 0 Å². The molecule has 0 bridgehead atoms. The molecular formula is CH8Na3O10PS. The average molecular weight is 312 g/mol. The van der Waals surface area contributed by atoms with Crippen LogP contribution in [-0.4, -0.2) is 39.1 Å². The van der Waals surface area contributed by atoms with E-state index in [1.807, 2.05) is 0 Å².